The molecule has 1 aliphatic carbocycles. The summed E-state index contributed by atoms with van der Waals surface area (Å²) in [6.45, 7) is 5.34. The van der Waals surface area contributed by atoms with Crippen molar-refractivity contribution in [2.45, 2.75) is 76.3 Å². The van der Waals surface area contributed by atoms with E-state index >= 15 is 0 Å². The number of aromatic nitrogens is 7. The zero-order chi connectivity index (χ0) is 32.9. The van der Waals surface area contributed by atoms with E-state index in [0.717, 1.165) is 30.7 Å². The van der Waals surface area contributed by atoms with Crippen molar-refractivity contribution in [1.82, 2.24) is 39.7 Å². The molecule has 0 radical (unpaired) electrons. The fraction of sp³-hybridized carbons (Fsp3) is 0.429. The summed E-state index contributed by atoms with van der Waals surface area (Å²) in [4.78, 5) is 25.8. The van der Waals surface area contributed by atoms with Crippen LogP contribution in [0.1, 0.15) is 72.4 Å². The quantitative estimate of drug-likeness (QED) is 0.218. The molecule has 0 bridgehead atoms. The van der Waals surface area contributed by atoms with Crippen LogP contribution in [0.3, 0.4) is 0 Å². The first-order valence-corrected chi connectivity index (χ1v) is 14.0. The molecule has 0 saturated heterocycles. The number of nitrogens with two attached hydrogens (primary N) is 2. The molecule has 45 heavy (non-hydrogen) atoms. The van der Waals surface area contributed by atoms with Crippen LogP contribution in [0.4, 0.5) is 32.2 Å². The number of fused-ring (bicyclic) bond motifs is 1. The number of amides is 1. The minimum absolute atomic E-state index is 0.0979. The minimum Gasteiger partial charge on any atom is -0.383 e. The molecule has 1 atom stereocenters. The van der Waals surface area contributed by atoms with E-state index in [1.54, 1.807) is 26.1 Å². The summed E-state index contributed by atoms with van der Waals surface area (Å²) in [6, 6.07) is 1.34. The predicted octanol–water partition coefficient (Wildman–Crippen LogP) is 4.95. The second kappa shape index (κ2) is 11.4. The number of nitrogens with one attached hydrogen (secondary N) is 1. The van der Waals surface area contributed by atoms with Gasteiger partial charge < -0.3 is 21.4 Å². The van der Waals surface area contributed by atoms with Gasteiger partial charge in [-0.15, -0.1) is 10.2 Å². The fourth-order valence-corrected chi connectivity index (χ4v) is 5.15. The van der Waals surface area contributed by atoms with Gasteiger partial charge >= 0.3 is 12.4 Å². The Balaban J connectivity index is 1.48. The Morgan fingerprint density at radius 3 is 2.38 bits per heavy atom. The second-order valence-electron chi connectivity index (χ2n) is 11.0. The highest BCUT2D eigenvalue weighted by Gasteiger charge is 2.70. The van der Waals surface area contributed by atoms with Gasteiger partial charge in [-0.2, -0.15) is 36.0 Å². The zero-order valence-corrected chi connectivity index (χ0v) is 24.4. The number of pyridine rings is 1. The van der Waals surface area contributed by atoms with E-state index < -0.39 is 23.6 Å². The zero-order valence-electron chi connectivity index (χ0n) is 24.4. The summed E-state index contributed by atoms with van der Waals surface area (Å²) in [6.07, 6.45) is -3.41. The van der Waals surface area contributed by atoms with Gasteiger partial charge in [0.05, 0.1) is 17.6 Å². The maximum atomic E-state index is 13.5. The molecule has 11 nitrogen and oxygen atoms in total. The van der Waals surface area contributed by atoms with Gasteiger partial charge in [-0.1, -0.05) is 12.1 Å². The molecule has 240 valence electrons. The predicted molar refractivity (Wildman–Crippen MR) is 150 cm³/mol. The van der Waals surface area contributed by atoms with E-state index in [9.17, 15) is 31.1 Å². The Morgan fingerprint density at radius 1 is 1.16 bits per heavy atom. The number of alkyl halides is 6. The number of aryl methyl sites for hydroxylation is 2. The molecule has 17 heteroatoms. The van der Waals surface area contributed by atoms with Gasteiger partial charge in [0.25, 0.3) is 11.4 Å². The normalized spacial score (nSPS) is 15.2. The van der Waals surface area contributed by atoms with E-state index in [1.807, 2.05) is 6.92 Å². The molecule has 5 N–H and O–H groups in total. The summed E-state index contributed by atoms with van der Waals surface area (Å²) >= 11 is 0. The number of hydrogen-bond donors (Lipinski definition) is 3. The number of nitrogen functional groups attached to an aromatic ring is 1. The molecular formula is C28H30F6N10O. The number of anilines is 1. The van der Waals surface area contributed by atoms with Gasteiger partial charge in [-0.25, -0.2) is 4.98 Å². The average Bonchev–Trinajstić information content (AvgIpc) is 3.56. The van der Waals surface area contributed by atoms with Gasteiger partial charge in [0, 0.05) is 35.1 Å². The van der Waals surface area contributed by atoms with E-state index in [1.165, 1.54) is 15.6 Å². The monoisotopic (exact) mass is 636 g/mol. The van der Waals surface area contributed by atoms with E-state index in [0.29, 0.717) is 41.8 Å². The van der Waals surface area contributed by atoms with Crippen molar-refractivity contribution in [3.8, 4) is 11.1 Å². The number of rotatable bonds is 9. The Kier molecular flexibility index (Phi) is 8.10. The van der Waals surface area contributed by atoms with E-state index in [4.69, 9.17) is 16.5 Å². The third-order valence-corrected chi connectivity index (χ3v) is 7.78. The van der Waals surface area contributed by atoms with E-state index in [-0.39, 0.29) is 34.9 Å². The SMILES string of the molecule is C/C=C\N(C(=O)c1nnc(C)[nH]1)[C@H](C)CCc1nc2c(-c3ccc(C(N)(C(F)(F)F)C(F)(F)F)nc3)cnn2c(N)c1C1CC1. The Labute approximate surface area is 252 Å². The van der Waals surface area contributed by atoms with Gasteiger partial charge in [-0.3, -0.25) is 9.78 Å². The second-order valence-corrected chi connectivity index (χ2v) is 11.0. The third kappa shape index (κ3) is 5.71. The molecule has 1 saturated carbocycles. The van der Waals surface area contributed by atoms with Gasteiger partial charge in [0.15, 0.2) is 5.65 Å². The molecule has 1 amide bonds. The molecule has 5 rings (SSSR count). The van der Waals surface area contributed by atoms with Crippen LogP contribution in [0, 0.1) is 6.92 Å². The Morgan fingerprint density at radius 2 is 1.84 bits per heavy atom. The summed E-state index contributed by atoms with van der Waals surface area (Å²) in [5, 5.41) is 12.1. The highest BCUT2D eigenvalue weighted by molar-refractivity contribution is 5.91. The van der Waals surface area contributed by atoms with Crippen molar-refractivity contribution < 1.29 is 31.1 Å². The lowest BCUT2D eigenvalue weighted by Gasteiger charge is -2.32. The molecule has 4 aromatic rings. The van der Waals surface area contributed by atoms with Crippen molar-refractivity contribution in [3.63, 3.8) is 0 Å². The van der Waals surface area contributed by atoms with Crippen LogP contribution in [0.2, 0.25) is 0 Å². The largest absolute Gasteiger partial charge is 0.421 e. The van der Waals surface area contributed by atoms with Gasteiger partial charge in [-0.05, 0) is 58.4 Å². The first-order chi connectivity index (χ1) is 21.1. The maximum absolute atomic E-state index is 13.5. The van der Waals surface area contributed by atoms with Crippen molar-refractivity contribution in [1.29, 1.82) is 0 Å². The minimum atomic E-state index is -5.84. The van der Waals surface area contributed by atoms with E-state index in [2.05, 4.69) is 25.3 Å². The van der Waals surface area contributed by atoms with Crippen molar-refractivity contribution in [2.75, 3.05) is 5.73 Å². The number of halogens is 6. The topological polar surface area (TPSA) is 157 Å². The number of H-pyrrole nitrogens is 1. The molecule has 0 aliphatic heterocycles. The molecule has 1 fully saturated rings. The van der Waals surface area contributed by atoms with Gasteiger partial charge in [0.2, 0.25) is 5.82 Å². The van der Waals surface area contributed by atoms with Crippen LogP contribution < -0.4 is 11.5 Å². The molecule has 0 spiro atoms. The fourth-order valence-electron chi connectivity index (χ4n) is 5.15. The number of aromatic amines is 1. The number of hydrogen-bond acceptors (Lipinski definition) is 8. The number of allylic oxidation sites excluding steroid dienone is 1. The average molecular weight is 637 g/mol. The molecule has 4 heterocycles. The Bertz CT molecular complexity index is 1720. The van der Waals surface area contributed by atoms with Crippen LogP contribution >= 0.6 is 0 Å². The lowest BCUT2D eigenvalue weighted by molar-refractivity contribution is -0.303. The Hall–Kier alpha value is -4.54. The highest BCUT2D eigenvalue weighted by Crippen LogP contribution is 2.48. The lowest BCUT2D eigenvalue weighted by atomic mass is 9.93. The summed E-state index contributed by atoms with van der Waals surface area (Å²) in [5.74, 6) is 0.722. The summed E-state index contributed by atoms with van der Waals surface area (Å²) in [7, 11) is 0. The summed E-state index contributed by atoms with van der Waals surface area (Å²) in [5.41, 5.74) is 7.56. The van der Waals surface area contributed by atoms with Crippen LogP contribution in [0.25, 0.3) is 16.8 Å². The maximum Gasteiger partial charge on any atom is 0.421 e. The molecule has 1 aliphatic rings. The first-order valence-electron chi connectivity index (χ1n) is 14.0. The number of carbonyl (C=O) groups is 1. The smallest absolute Gasteiger partial charge is 0.383 e. The van der Waals surface area contributed by atoms with Crippen molar-refractivity contribution in [3.05, 3.63) is 65.4 Å². The summed E-state index contributed by atoms with van der Waals surface area (Å²) < 4.78 is 82.2. The molecule has 4 aromatic heterocycles. The van der Waals surface area contributed by atoms with Crippen LogP contribution in [-0.4, -0.2) is 64.0 Å². The van der Waals surface area contributed by atoms with Crippen LogP contribution in [0.15, 0.2) is 36.8 Å². The van der Waals surface area contributed by atoms with Gasteiger partial charge in [0.1, 0.15) is 11.6 Å². The number of nitrogens with zero attached hydrogens (tertiary/aromatic N) is 7. The third-order valence-electron chi connectivity index (χ3n) is 7.78. The highest BCUT2D eigenvalue weighted by atomic mass is 19.4. The lowest BCUT2D eigenvalue weighted by Crippen LogP contribution is -2.61. The molecule has 0 unspecified atom stereocenters. The molecule has 0 aromatic carbocycles. The first kappa shape index (κ1) is 31.9. The van der Waals surface area contributed by atoms with Crippen molar-refractivity contribution in [2.24, 2.45) is 5.73 Å². The van der Waals surface area contributed by atoms with Crippen molar-refractivity contribution >= 4 is 17.4 Å². The molecular weight excluding hydrogens is 606 g/mol. The van der Waals surface area contributed by atoms with Crippen LogP contribution in [0.5, 0.6) is 0 Å². The standard InChI is InChI=1S/C28H30F6N10O/c1-4-11-43(25(45)23-39-15(3)41-42-23)14(2)5-9-19-21(16-6-7-16)22(35)44-24(40-19)18(13-38-44)17-8-10-20(37-12-17)26(36,27(29,30)31)28(32,33)34/h4,8,10-14,16H,5-7,9,35-36H2,1-3H3,(H,39,41,42)/b11-4-/t14-/m1/s1. The number of carbonyl (C=O) groups excluding carboxylic acids is 1. The van der Waals surface area contributed by atoms with Crippen LogP contribution in [-0.2, 0) is 12.0 Å².